The van der Waals surface area contributed by atoms with Crippen molar-refractivity contribution in [1.29, 1.82) is 0 Å². The summed E-state index contributed by atoms with van der Waals surface area (Å²) in [6.07, 6.45) is 0. The molecule has 0 aliphatic carbocycles. The van der Waals surface area contributed by atoms with Gasteiger partial charge in [0.2, 0.25) is 0 Å². The molecule has 8 heteroatoms. The number of carbonyl (C=O) groups is 2. The number of nitrogens with two attached hydrogens (primary N) is 1. The van der Waals surface area contributed by atoms with E-state index in [-0.39, 0.29) is 22.0 Å². The van der Waals surface area contributed by atoms with Gasteiger partial charge in [-0.1, -0.05) is 23.2 Å². The van der Waals surface area contributed by atoms with Gasteiger partial charge >= 0.3 is 0 Å². The van der Waals surface area contributed by atoms with E-state index in [1.807, 2.05) is 6.92 Å². The average molecular weight is 341 g/mol. The second-order valence-electron chi connectivity index (χ2n) is 4.57. The van der Waals surface area contributed by atoms with E-state index in [1.165, 1.54) is 16.8 Å². The normalized spacial score (nSPS) is 10.5. The molecule has 6 nitrogen and oxygen atoms in total. The zero-order valence-electron chi connectivity index (χ0n) is 12.0. The summed E-state index contributed by atoms with van der Waals surface area (Å²) < 4.78 is 1.44. The van der Waals surface area contributed by atoms with Crippen molar-refractivity contribution in [3.63, 3.8) is 0 Å². The number of amides is 2. The van der Waals surface area contributed by atoms with Crippen LogP contribution in [0.25, 0.3) is 0 Å². The van der Waals surface area contributed by atoms with Gasteiger partial charge in [-0.3, -0.25) is 14.3 Å². The number of halogens is 2. The monoisotopic (exact) mass is 340 g/mol. The Morgan fingerprint density at radius 3 is 2.64 bits per heavy atom. The van der Waals surface area contributed by atoms with Gasteiger partial charge in [0, 0.05) is 11.6 Å². The van der Waals surface area contributed by atoms with E-state index in [4.69, 9.17) is 28.9 Å². The molecule has 0 radical (unpaired) electrons. The van der Waals surface area contributed by atoms with Gasteiger partial charge in [0.15, 0.2) is 0 Å². The summed E-state index contributed by atoms with van der Waals surface area (Å²) in [5.74, 6) is -1.16. The largest absolute Gasteiger partial charge is 0.364 e. The van der Waals surface area contributed by atoms with E-state index < -0.39 is 11.8 Å². The molecule has 2 rings (SSSR count). The molecule has 0 bridgehead atoms. The highest BCUT2D eigenvalue weighted by atomic mass is 35.5. The Morgan fingerprint density at radius 1 is 1.36 bits per heavy atom. The molecule has 0 unspecified atom stereocenters. The Labute approximate surface area is 137 Å². The molecule has 2 aromatic rings. The second kappa shape index (κ2) is 6.37. The lowest BCUT2D eigenvalue weighted by Crippen LogP contribution is -2.21. The Kier molecular flexibility index (Phi) is 4.73. The molecule has 1 aromatic heterocycles. The Balaban J connectivity index is 2.42. The summed E-state index contributed by atoms with van der Waals surface area (Å²) in [7, 11) is 0. The summed E-state index contributed by atoms with van der Waals surface area (Å²) in [5.41, 5.74) is 6.48. The zero-order valence-corrected chi connectivity index (χ0v) is 13.5. The van der Waals surface area contributed by atoms with Gasteiger partial charge in [-0.15, -0.1) is 0 Å². The second-order valence-corrected chi connectivity index (χ2v) is 5.41. The van der Waals surface area contributed by atoms with Crippen molar-refractivity contribution < 1.29 is 9.59 Å². The number of rotatable bonds is 4. The van der Waals surface area contributed by atoms with E-state index in [2.05, 4.69) is 10.4 Å². The molecule has 3 N–H and O–H groups in total. The molecule has 1 aromatic carbocycles. The smallest absolute Gasteiger partial charge is 0.269 e. The van der Waals surface area contributed by atoms with Crippen LogP contribution in [-0.2, 0) is 6.54 Å². The van der Waals surface area contributed by atoms with Crippen molar-refractivity contribution in [3.8, 4) is 0 Å². The van der Waals surface area contributed by atoms with Crippen molar-refractivity contribution in [1.82, 2.24) is 9.78 Å². The highest BCUT2D eigenvalue weighted by Gasteiger charge is 2.22. The van der Waals surface area contributed by atoms with Crippen LogP contribution in [0.4, 0.5) is 5.69 Å². The lowest BCUT2D eigenvalue weighted by molar-refractivity contribution is 0.0991. The van der Waals surface area contributed by atoms with Crippen LogP contribution in [0.2, 0.25) is 10.0 Å². The third-order valence-electron chi connectivity index (χ3n) is 3.07. The fraction of sp³-hybridized carbons (Fsp3) is 0.214. The van der Waals surface area contributed by atoms with Crippen molar-refractivity contribution in [3.05, 3.63) is 45.2 Å². The summed E-state index contributed by atoms with van der Waals surface area (Å²) in [4.78, 5) is 24.0. The summed E-state index contributed by atoms with van der Waals surface area (Å²) in [6, 6.07) is 4.55. The third-order valence-corrected chi connectivity index (χ3v) is 3.64. The molecular formula is C14H14Cl2N4O2. The highest BCUT2D eigenvalue weighted by molar-refractivity contribution is 6.36. The molecule has 0 aliphatic rings. The first-order chi connectivity index (χ1) is 10.3. The first kappa shape index (κ1) is 16.3. The van der Waals surface area contributed by atoms with Gasteiger partial charge in [-0.2, -0.15) is 5.10 Å². The summed E-state index contributed by atoms with van der Waals surface area (Å²) >= 11 is 11.9. The number of hydrogen-bond acceptors (Lipinski definition) is 3. The van der Waals surface area contributed by atoms with Crippen LogP contribution in [0, 0.1) is 6.92 Å². The molecule has 0 spiro atoms. The molecule has 2 amide bonds. The van der Waals surface area contributed by atoms with Crippen molar-refractivity contribution in [2.24, 2.45) is 5.73 Å². The number of primary amides is 1. The SMILES string of the molecule is CCn1nc(C)c(NC(=O)c2cc(Cl)ccc2Cl)c1C(N)=O. The first-order valence-electron chi connectivity index (χ1n) is 6.48. The van der Waals surface area contributed by atoms with Crippen LogP contribution in [0.1, 0.15) is 33.5 Å². The number of hydrogen-bond donors (Lipinski definition) is 2. The topological polar surface area (TPSA) is 90.0 Å². The lowest BCUT2D eigenvalue weighted by atomic mass is 10.2. The van der Waals surface area contributed by atoms with Gasteiger partial charge in [0.25, 0.3) is 11.8 Å². The van der Waals surface area contributed by atoms with Gasteiger partial charge in [0.05, 0.1) is 22.0 Å². The van der Waals surface area contributed by atoms with Crippen LogP contribution < -0.4 is 11.1 Å². The third kappa shape index (κ3) is 3.08. The van der Waals surface area contributed by atoms with Crippen LogP contribution in [0.5, 0.6) is 0 Å². The van der Waals surface area contributed by atoms with E-state index in [9.17, 15) is 9.59 Å². The van der Waals surface area contributed by atoms with Crippen molar-refractivity contribution >= 4 is 40.7 Å². The molecule has 0 fully saturated rings. The molecule has 116 valence electrons. The van der Waals surface area contributed by atoms with Crippen LogP contribution in [0.3, 0.4) is 0 Å². The number of carbonyl (C=O) groups excluding carboxylic acids is 2. The van der Waals surface area contributed by atoms with Crippen LogP contribution >= 0.6 is 23.2 Å². The fourth-order valence-corrected chi connectivity index (χ4v) is 2.44. The predicted octanol–water partition coefficient (Wildman–Crippen LogP) is 2.87. The average Bonchev–Trinajstić information content (AvgIpc) is 2.78. The zero-order chi connectivity index (χ0) is 16.4. The number of nitrogens with one attached hydrogen (secondary N) is 1. The maximum atomic E-state index is 12.4. The van der Waals surface area contributed by atoms with Crippen LogP contribution in [0.15, 0.2) is 18.2 Å². The molecule has 0 saturated carbocycles. The Bertz CT molecular complexity index is 756. The summed E-state index contributed by atoms with van der Waals surface area (Å²) in [6.45, 7) is 3.94. The van der Waals surface area contributed by atoms with E-state index in [1.54, 1.807) is 13.0 Å². The van der Waals surface area contributed by atoms with Gasteiger partial charge in [-0.05, 0) is 32.0 Å². The predicted molar refractivity (Wildman–Crippen MR) is 85.6 cm³/mol. The first-order valence-corrected chi connectivity index (χ1v) is 7.24. The van der Waals surface area contributed by atoms with Gasteiger partial charge in [0.1, 0.15) is 5.69 Å². The Hall–Kier alpha value is -2.05. The standard InChI is InChI=1S/C14H14Cl2N4O2/c1-3-20-12(13(17)21)11(7(2)19-20)18-14(22)9-6-8(15)4-5-10(9)16/h4-6H,3H2,1-2H3,(H2,17,21)(H,18,22). The van der Waals surface area contributed by atoms with E-state index in [0.717, 1.165) is 0 Å². The van der Waals surface area contributed by atoms with E-state index in [0.29, 0.717) is 17.3 Å². The molecule has 22 heavy (non-hydrogen) atoms. The number of aromatic nitrogens is 2. The van der Waals surface area contributed by atoms with Crippen molar-refractivity contribution in [2.75, 3.05) is 5.32 Å². The van der Waals surface area contributed by atoms with Gasteiger partial charge < -0.3 is 11.1 Å². The molecule has 0 aliphatic heterocycles. The maximum Gasteiger partial charge on any atom is 0.269 e. The quantitative estimate of drug-likeness (QED) is 0.896. The molecule has 1 heterocycles. The lowest BCUT2D eigenvalue weighted by Gasteiger charge is -2.08. The van der Waals surface area contributed by atoms with Crippen LogP contribution in [-0.4, -0.2) is 21.6 Å². The number of anilines is 1. The molecule has 0 atom stereocenters. The Morgan fingerprint density at radius 2 is 2.05 bits per heavy atom. The highest BCUT2D eigenvalue weighted by Crippen LogP contribution is 2.24. The molecule has 0 saturated heterocycles. The minimum atomic E-state index is -0.671. The minimum absolute atomic E-state index is 0.145. The van der Waals surface area contributed by atoms with Gasteiger partial charge in [-0.25, -0.2) is 0 Å². The molecular weight excluding hydrogens is 327 g/mol. The van der Waals surface area contributed by atoms with E-state index >= 15 is 0 Å². The number of nitrogens with zero attached hydrogens (tertiary/aromatic N) is 2. The number of benzene rings is 1. The van der Waals surface area contributed by atoms with Crippen molar-refractivity contribution in [2.45, 2.75) is 20.4 Å². The number of aryl methyl sites for hydroxylation is 2. The maximum absolute atomic E-state index is 12.4. The summed E-state index contributed by atoms with van der Waals surface area (Å²) in [5, 5.41) is 7.45. The fourth-order valence-electron chi connectivity index (χ4n) is 2.06. The minimum Gasteiger partial charge on any atom is -0.364 e.